The second-order valence-electron chi connectivity index (χ2n) is 3.60. The van der Waals surface area contributed by atoms with E-state index in [1.165, 1.54) is 25.5 Å². The van der Waals surface area contributed by atoms with Crippen LogP contribution in [0.25, 0.3) is 0 Å². The summed E-state index contributed by atoms with van der Waals surface area (Å²) in [7, 11) is -2.73. The highest BCUT2D eigenvalue weighted by atomic mass is 32.2. The molecule has 0 aromatic carbocycles. The van der Waals surface area contributed by atoms with Crippen LogP contribution in [0.2, 0.25) is 0 Å². The van der Waals surface area contributed by atoms with Gasteiger partial charge in [-0.3, -0.25) is 0 Å². The molecule has 13 heavy (non-hydrogen) atoms. The molecule has 0 aliphatic rings. The lowest BCUT2D eigenvalue weighted by molar-refractivity contribution is 0.585. The molecule has 0 saturated heterocycles. The van der Waals surface area contributed by atoms with E-state index < -0.39 is 9.84 Å². The molecule has 0 aromatic heterocycles. The molecule has 0 fully saturated rings. The van der Waals surface area contributed by atoms with Crippen molar-refractivity contribution in [3.63, 3.8) is 0 Å². The maximum absolute atomic E-state index is 10.8. The lowest BCUT2D eigenvalue weighted by Gasteiger charge is -1.99. The van der Waals surface area contributed by atoms with Gasteiger partial charge in [0.2, 0.25) is 0 Å². The zero-order chi connectivity index (χ0) is 10.2. The van der Waals surface area contributed by atoms with E-state index in [0.717, 1.165) is 25.7 Å². The molecule has 0 spiro atoms. The summed E-state index contributed by atoms with van der Waals surface area (Å²) in [6, 6.07) is 0. The van der Waals surface area contributed by atoms with E-state index in [0.29, 0.717) is 5.75 Å². The summed E-state index contributed by atoms with van der Waals surface area (Å²) in [5.74, 6) is 0.350. The molecule has 0 amide bonds. The van der Waals surface area contributed by atoms with Crippen molar-refractivity contribution in [2.75, 3.05) is 12.0 Å². The predicted octanol–water partition coefficient (Wildman–Crippen LogP) is 2.60. The Labute approximate surface area is 82.6 Å². The number of unbranched alkanes of at least 4 members (excludes halogenated alkanes) is 6. The summed E-state index contributed by atoms with van der Waals surface area (Å²) in [6.45, 7) is 3.77. The van der Waals surface area contributed by atoms with E-state index >= 15 is 0 Å². The van der Waals surface area contributed by atoms with Gasteiger partial charge in [0.05, 0.1) is 0 Å². The first-order valence-electron chi connectivity index (χ1n) is 5.03. The van der Waals surface area contributed by atoms with Gasteiger partial charge in [-0.05, 0) is 6.42 Å². The first kappa shape index (κ1) is 12.9. The van der Waals surface area contributed by atoms with E-state index in [2.05, 4.69) is 6.92 Å². The fourth-order valence-corrected chi connectivity index (χ4v) is 1.98. The van der Waals surface area contributed by atoms with Crippen LogP contribution in [-0.2, 0) is 9.84 Å². The van der Waals surface area contributed by atoms with Gasteiger partial charge in [-0.15, -0.1) is 0 Å². The van der Waals surface area contributed by atoms with Crippen LogP contribution in [0, 0.1) is 6.92 Å². The van der Waals surface area contributed by atoms with Crippen molar-refractivity contribution in [3.8, 4) is 0 Å². The number of sulfone groups is 1. The molecule has 3 heteroatoms. The second-order valence-corrected chi connectivity index (χ2v) is 5.86. The van der Waals surface area contributed by atoms with Crippen LogP contribution in [-0.4, -0.2) is 20.4 Å². The van der Waals surface area contributed by atoms with Crippen molar-refractivity contribution in [2.24, 2.45) is 0 Å². The van der Waals surface area contributed by atoms with Crippen molar-refractivity contribution in [2.45, 2.75) is 44.9 Å². The van der Waals surface area contributed by atoms with E-state index in [9.17, 15) is 8.42 Å². The average molecular weight is 205 g/mol. The minimum absolute atomic E-state index is 0.350. The molecule has 0 aliphatic heterocycles. The third-order valence-corrected chi connectivity index (χ3v) is 3.05. The Hall–Kier alpha value is -0.0500. The van der Waals surface area contributed by atoms with Crippen LogP contribution in [0.1, 0.15) is 44.9 Å². The predicted molar refractivity (Wildman–Crippen MR) is 57.4 cm³/mol. The smallest absolute Gasteiger partial charge is 0.147 e. The summed E-state index contributed by atoms with van der Waals surface area (Å²) in [5.41, 5.74) is 0. The first-order valence-corrected chi connectivity index (χ1v) is 7.09. The third kappa shape index (κ3) is 12.0. The van der Waals surface area contributed by atoms with Gasteiger partial charge in [-0.2, -0.15) is 0 Å². The van der Waals surface area contributed by atoms with Gasteiger partial charge in [-0.25, -0.2) is 8.42 Å². The Bertz CT molecular complexity index is 195. The molecule has 1 radical (unpaired) electrons. The fourth-order valence-electron chi connectivity index (χ4n) is 1.25. The highest BCUT2D eigenvalue weighted by Gasteiger charge is 2.00. The zero-order valence-electron chi connectivity index (χ0n) is 8.59. The molecular formula is C10H21O2S. The van der Waals surface area contributed by atoms with E-state index in [-0.39, 0.29) is 0 Å². The molecule has 2 nitrogen and oxygen atoms in total. The topological polar surface area (TPSA) is 34.1 Å². The molecule has 0 aliphatic carbocycles. The molecule has 0 rings (SSSR count). The highest BCUT2D eigenvalue weighted by molar-refractivity contribution is 7.90. The summed E-state index contributed by atoms with van der Waals surface area (Å²) in [6.07, 6.45) is 9.01. The summed E-state index contributed by atoms with van der Waals surface area (Å²) in [4.78, 5) is 0. The molecule has 0 unspecified atom stereocenters. The minimum atomic E-state index is -2.73. The molecule has 0 saturated carbocycles. The summed E-state index contributed by atoms with van der Waals surface area (Å²) < 4.78 is 21.5. The highest BCUT2D eigenvalue weighted by Crippen LogP contribution is 2.07. The van der Waals surface area contributed by atoms with Crippen LogP contribution in [0.3, 0.4) is 0 Å². The molecule has 0 aromatic rings. The number of hydrogen-bond donors (Lipinski definition) is 0. The largest absolute Gasteiger partial charge is 0.229 e. The van der Waals surface area contributed by atoms with Gasteiger partial charge in [0.15, 0.2) is 0 Å². The van der Waals surface area contributed by atoms with Gasteiger partial charge in [0.1, 0.15) is 9.84 Å². The molecule has 0 bridgehead atoms. The molecule has 0 N–H and O–H groups in total. The van der Waals surface area contributed by atoms with Gasteiger partial charge in [0, 0.05) is 12.0 Å². The molecule has 79 valence electrons. The normalized spacial score (nSPS) is 11.8. The second kappa shape index (κ2) is 7.36. The standard InChI is InChI=1S/C10H21O2S/c1-3-4-5-6-7-8-9-10-13(2,11)12/h1,3-10H2,2H3. The lowest BCUT2D eigenvalue weighted by atomic mass is 10.1. The van der Waals surface area contributed by atoms with Crippen molar-refractivity contribution in [1.29, 1.82) is 0 Å². The van der Waals surface area contributed by atoms with Crippen LogP contribution >= 0.6 is 0 Å². The monoisotopic (exact) mass is 205 g/mol. The maximum atomic E-state index is 10.8. The van der Waals surface area contributed by atoms with E-state index in [1.54, 1.807) is 0 Å². The molecule has 0 atom stereocenters. The number of rotatable bonds is 8. The van der Waals surface area contributed by atoms with E-state index in [4.69, 9.17) is 0 Å². The Kier molecular flexibility index (Phi) is 7.33. The van der Waals surface area contributed by atoms with Crippen molar-refractivity contribution in [3.05, 3.63) is 6.92 Å². The molecular weight excluding hydrogens is 184 g/mol. The van der Waals surface area contributed by atoms with Gasteiger partial charge in [-0.1, -0.05) is 45.4 Å². The maximum Gasteiger partial charge on any atom is 0.147 e. The Morgan fingerprint density at radius 3 is 1.85 bits per heavy atom. The average Bonchev–Trinajstić information content (AvgIpc) is 2.01. The third-order valence-electron chi connectivity index (χ3n) is 2.02. The zero-order valence-corrected chi connectivity index (χ0v) is 9.41. The van der Waals surface area contributed by atoms with Crippen LogP contribution < -0.4 is 0 Å². The fraction of sp³-hybridized carbons (Fsp3) is 0.900. The van der Waals surface area contributed by atoms with Crippen molar-refractivity contribution in [1.82, 2.24) is 0 Å². The number of hydrogen-bond acceptors (Lipinski definition) is 2. The SMILES string of the molecule is [CH2]CCCCCCCCS(C)(=O)=O. The van der Waals surface area contributed by atoms with Crippen molar-refractivity contribution >= 4 is 9.84 Å². The summed E-state index contributed by atoms with van der Waals surface area (Å²) >= 11 is 0. The minimum Gasteiger partial charge on any atom is -0.229 e. The van der Waals surface area contributed by atoms with E-state index in [1.807, 2.05) is 0 Å². The Balaban J connectivity index is 3.09. The Morgan fingerprint density at radius 2 is 1.38 bits per heavy atom. The van der Waals surface area contributed by atoms with Crippen LogP contribution in [0.15, 0.2) is 0 Å². The first-order chi connectivity index (χ1) is 6.06. The lowest BCUT2D eigenvalue weighted by Crippen LogP contribution is -2.02. The van der Waals surface area contributed by atoms with Crippen molar-refractivity contribution < 1.29 is 8.42 Å². The van der Waals surface area contributed by atoms with Crippen LogP contribution in [0.4, 0.5) is 0 Å². The van der Waals surface area contributed by atoms with Gasteiger partial charge >= 0.3 is 0 Å². The van der Waals surface area contributed by atoms with Gasteiger partial charge in [0.25, 0.3) is 0 Å². The Morgan fingerprint density at radius 1 is 0.923 bits per heavy atom. The quantitative estimate of drug-likeness (QED) is 0.571. The summed E-state index contributed by atoms with van der Waals surface area (Å²) in [5, 5.41) is 0. The van der Waals surface area contributed by atoms with Gasteiger partial charge < -0.3 is 0 Å². The molecule has 0 heterocycles. The van der Waals surface area contributed by atoms with Crippen LogP contribution in [0.5, 0.6) is 0 Å².